The third-order valence-electron chi connectivity index (χ3n) is 8.10. The van der Waals surface area contributed by atoms with Crippen molar-refractivity contribution in [3.05, 3.63) is 121 Å². The summed E-state index contributed by atoms with van der Waals surface area (Å²) in [4.78, 5) is 0. The molecule has 4 aromatic rings. The van der Waals surface area contributed by atoms with Gasteiger partial charge < -0.3 is 0 Å². The largest absolute Gasteiger partial charge is 0.261 e. The SMILES string of the molecule is CCC[CH2][Al]([CH2]CCC)[CH2]CCC.c1ccc([B-](c2ccccc2)(c2ccccc2)c2ccccc2)cc1. The number of unbranched alkanes of at least 4 members (excludes halogenated alkanes) is 3. The summed E-state index contributed by atoms with van der Waals surface area (Å²) in [5.41, 5.74) is 5.36. The van der Waals surface area contributed by atoms with E-state index in [0.29, 0.717) is 0 Å². The topological polar surface area (TPSA) is 0 Å². The Bertz CT molecular complexity index is 931. The minimum Gasteiger partial charge on any atom is -0.195 e. The summed E-state index contributed by atoms with van der Waals surface area (Å²) in [6.07, 6.45) is 7.51. The molecule has 0 spiro atoms. The zero-order chi connectivity index (χ0) is 26.9. The van der Waals surface area contributed by atoms with Crippen molar-refractivity contribution in [2.75, 3.05) is 0 Å². The van der Waals surface area contributed by atoms with Crippen LogP contribution in [0.25, 0.3) is 0 Å². The zero-order valence-electron chi connectivity index (χ0n) is 24.1. The predicted molar refractivity (Wildman–Crippen MR) is 175 cm³/mol. The molecule has 0 radical (unpaired) electrons. The molecular weight excluding hydrogens is 470 g/mol. The fraction of sp³-hybridized carbons (Fsp3) is 0.333. The maximum absolute atomic E-state index is 2.32. The van der Waals surface area contributed by atoms with E-state index in [4.69, 9.17) is 0 Å². The van der Waals surface area contributed by atoms with Crippen molar-refractivity contribution in [3.63, 3.8) is 0 Å². The van der Waals surface area contributed by atoms with Crippen LogP contribution in [-0.2, 0) is 0 Å². The van der Waals surface area contributed by atoms with E-state index < -0.39 is 6.15 Å². The lowest BCUT2D eigenvalue weighted by molar-refractivity contribution is 0.812. The van der Waals surface area contributed by atoms with E-state index in [1.165, 1.54) is 60.4 Å². The first-order valence-corrected chi connectivity index (χ1v) is 17.6. The summed E-state index contributed by atoms with van der Waals surface area (Å²) in [6, 6.07) is 43.5. The molecule has 0 saturated heterocycles. The van der Waals surface area contributed by atoms with E-state index >= 15 is 0 Å². The molecule has 4 aromatic carbocycles. The molecule has 0 unspecified atom stereocenters. The molecule has 4 rings (SSSR count). The molecule has 198 valence electrons. The Morgan fingerprint density at radius 3 is 0.842 bits per heavy atom. The lowest BCUT2D eigenvalue weighted by atomic mass is 9.13. The highest BCUT2D eigenvalue weighted by molar-refractivity contribution is 7.19. The van der Waals surface area contributed by atoms with Gasteiger partial charge in [0, 0.05) is 0 Å². The average Bonchev–Trinajstić information content (AvgIpc) is 3.00. The van der Waals surface area contributed by atoms with Gasteiger partial charge in [-0.05, 0) is 0 Å². The van der Waals surface area contributed by atoms with E-state index in [9.17, 15) is 0 Å². The van der Waals surface area contributed by atoms with Crippen LogP contribution in [0.5, 0.6) is 0 Å². The summed E-state index contributed by atoms with van der Waals surface area (Å²) in [6.45, 7) is 6.97. The molecule has 0 aliphatic carbocycles. The summed E-state index contributed by atoms with van der Waals surface area (Å²) in [5.74, 6) is 0. The maximum Gasteiger partial charge on any atom is 0.261 e. The van der Waals surface area contributed by atoms with Gasteiger partial charge in [0.1, 0.15) is 6.15 Å². The highest BCUT2D eigenvalue weighted by Gasteiger charge is 2.31. The van der Waals surface area contributed by atoms with Gasteiger partial charge >= 0.3 is 0 Å². The third kappa shape index (κ3) is 8.24. The van der Waals surface area contributed by atoms with Crippen LogP contribution in [0, 0.1) is 0 Å². The molecule has 0 heterocycles. The molecule has 0 nitrogen and oxygen atoms in total. The highest BCUT2D eigenvalue weighted by Crippen LogP contribution is 2.16. The van der Waals surface area contributed by atoms with Crippen LogP contribution in [0.4, 0.5) is 0 Å². The van der Waals surface area contributed by atoms with E-state index in [1.807, 2.05) is 0 Å². The second kappa shape index (κ2) is 17.1. The van der Waals surface area contributed by atoms with Gasteiger partial charge in [-0.15, -0.1) is 0 Å². The smallest absolute Gasteiger partial charge is 0.195 e. The molecule has 0 aliphatic rings. The summed E-state index contributed by atoms with van der Waals surface area (Å²) in [7, 11) is 0. The van der Waals surface area contributed by atoms with Crippen molar-refractivity contribution in [2.45, 2.75) is 75.1 Å². The summed E-state index contributed by atoms with van der Waals surface area (Å²) >= 11 is -0.287. The highest BCUT2D eigenvalue weighted by atomic mass is 27.2. The zero-order valence-corrected chi connectivity index (χ0v) is 25.2. The molecular formula is C36H47AlB-. The van der Waals surface area contributed by atoms with E-state index in [1.54, 1.807) is 15.8 Å². The second-order valence-corrected chi connectivity index (χ2v) is 14.3. The number of hydrogen-bond donors (Lipinski definition) is 0. The molecule has 0 saturated carbocycles. The predicted octanol–water partition coefficient (Wildman–Crippen LogP) is 7.95. The number of benzene rings is 4. The van der Waals surface area contributed by atoms with Gasteiger partial charge in [-0.3, -0.25) is 0 Å². The van der Waals surface area contributed by atoms with Crippen LogP contribution in [0.2, 0.25) is 15.8 Å². The fourth-order valence-corrected chi connectivity index (χ4v) is 9.86. The Morgan fingerprint density at radius 1 is 0.395 bits per heavy atom. The maximum atomic E-state index is 2.32. The molecule has 38 heavy (non-hydrogen) atoms. The summed E-state index contributed by atoms with van der Waals surface area (Å²) < 4.78 is 0. The molecule has 0 fully saturated rings. The van der Waals surface area contributed by atoms with E-state index in [-0.39, 0.29) is 14.1 Å². The molecule has 0 aliphatic heterocycles. The van der Waals surface area contributed by atoms with Crippen molar-refractivity contribution in [1.29, 1.82) is 0 Å². The Kier molecular flexibility index (Phi) is 13.5. The van der Waals surface area contributed by atoms with Gasteiger partial charge in [-0.25, -0.2) is 0 Å². The van der Waals surface area contributed by atoms with Crippen LogP contribution >= 0.6 is 0 Å². The molecule has 0 N–H and O–H groups in total. The van der Waals surface area contributed by atoms with Crippen LogP contribution in [0.1, 0.15) is 59.3 Å². The molecule has 2 heteroatoms. The van der Waals surface area contributed by atoms with Crippen molar-refractivity contribution in [3.8, 4) is 0 Å². The molecule has 0 bridgehead atoms. The van der Waals surface area contributed by atoms with E-state index in [0.717, 1.165) is 0 Å². The Hall–Kier alpha value is -2.52. The fourth-order valence-electron chi connectivity index (χ4n) is 6.03. The van der Waals surface area contributed by atoms with Gasteiger partial charge in [0.05, 0.1) is 0 Å². The first-order chi connectivity index (χ1) is 18.8. The van der Waals surface area contributed by atoms with Crippen molar-refractivity contribution >= 4 is 42.1 Å². The first kappa shape index (κ1) is 30.0. The lowest BCUT2D eigenvalue weighted by Crippen LogP contribution is -2.74. The minimum absolute atomic E-state index is 0.287. The van der Waals surface area contributed by atoms with Crippen LogP contribution in [-0.4, -0.2) is 20.3 Å². The average molecular weight is 518 g/mol. The van der Waals surface area contributed by atoms with Gasteiger partial charge in [0.25, 0.3) is 14.1 Å². The quantitative estimate of drug-likeness (QED) is 0.158. The minimum atomic E-state index is -1.22. The third-order valence-corrected chi connectivity index (χ3v) is 11.8. The van der Waals surface area contributed by atoms with Crippen molar-refractivity contribution in [1.82, 2.24) is 0 Å². The van der Waals surface area contributed by atoms with Gasteiger partial charge in [0.2, 0.25) is 0 Å². The molecule has 0 atom stereocenters. The Morgan fingerprint density at radius 2 is 0.632 bits per heavy atom. The molecule has 0 aromatic heterocycles. The van der Waals surface area contributed by atoms with Crippen LogP contribution in [0.3, 0.4) is 0 Å². The van der Waals surface area contributed by atoms with Gasteiger partial charge in [0.15, 0.2) is 0 Å². The van der Waals surface area contributed by atoms with Crippen molar-refractivity contribution in [2.24, 2.45) is 0 Å². The Labute approximate surface area is 237 Å². The van der Waals surface area contributed by atoms with Crippen LogP contribution in [0.15, 0.2) is 121 Å². The van der Waals surface area contributed by atoms with Gasteiger partial charge in [-0.1, -0.05) is 196 Å². The number of rotatable bonds is 13. The normalized spacial score (nSPS) is 10.9. The standard InChI is InChI=1S/C24H20B.3C4H9.Al/c1-5-13-21(14-6-1)25(22-15-7-2-8-16-22,23-17-9-3-10-18-23)24-19-11-4-12-20-24;3*1-3-4-2;/h1-20H;3*1,3-4H2,2H3;/q-1;;;;. The Balaban J connectivity index is 0.000000263. The summed E-state index contributed by atoms with van der Waals surface area (Å²) in [5, 5.41) is 4.86. The van der Waals surface area contributed by atoms with Crippen molar-refractivity contribution < 1.29 is 0 Å². The lowest BCUT2D eigenvalue weighted by Gasteiger charge is -2.44. The monoisotopic (exact) mass is 517 g/mol. The van der Waals surface area contributed by atoms with Gasteiger partial charge in [-0.2, -0.15) is 21.9 Å². The first-order valence-electron chi connectivity index (χ1n) is 15.1. The van der Waals surface area contributed by atoms with E-state index in [2.05, 4.69) is 142 Å². The van der Waals surface area contributed by atoms with Crippen LogP contribution < -0.4 is 21.9 Å². The second-order valence-electron chi connectivity index (χ2n) is 10.8. The number of hydrogen-bond acceptors (Lipinski definition) is 0. The molecule has 0 amide bonds.